The van der Waals surface area contributed by atoms with Crippen molar-refractivity contribution in [1.29, 1.82) is 0 Å². The molecule has 1 aromatic heterocycles. The Kier molecular flexibility index (Phi) is 4.50. The van der Waals surface area contributed by atoms with Crippen LogP contribution in [0.2, 0.25) is 0 Å². The fourth-order valence-corrected chi connectivity index (χ4v) is 4.02. The second-order valence-electron chi connectivity index (χ2n) is 7.89. The number of rotatable bonds is 5. The third-order valence-corrected chi connectivity index (χ3v) is 5.76. The average molecular weight is 368 g/mol. The Morgan fingerprint density at radius 1 is 1.33 bits per heavy atom. The summed E-state index contributed by atoms with van der Waals surface area (Å²) >= 11 is 0. The number of carbonyl (C=O) groups excluding carboxylic acids is 1. The summed E-state index contributed by atoms with van der Waals surface area (Å²) in [4.78, 5) is 26.4. The SMILES string of the molecule is Cc1ccccc1-c1cc(C[C@@]2(C(=O)O)CCCN(C(=O)C3CC3)C2)on1. The van der Waals surface area contributed by atoms with Crippen molar-refractivity contribution in [2.24, 2.45) is 11.3 Å². The molecule has 1 saturated heterocycles. The third-order valence-electron chi connectivity index (χ3n) is 5.76. The van der Waals surface area contributed by atoms with Crippen molar-refractivity contribution in [1.82, 2.24) is 10.1 Å². The fourth-order valence-electron chi connectivity index (χ4n) is 4.02. The van der Waals surface area contributed by atoms with Crippen molar-refractivity contribution in [3.8, 4) is 11.3 Å². The van der Waals surface area contributed by atoms with E-state index < -0.39 is 11.4 Å². The molecule has 1 aliphatic heterocycles. The second-order valence-corrected chi connectivity index (χ2v) is 7.89. The lowest BCUT2D eigenvalue weighted by Gasteiger charge is -2.39. The Morgan fingerprint density at radius 2 is 2.11 bits per heavy atom. The summed E-state index contributed by atoms with van der Waals surface area (Å²) in [5.41, 5.74) is 1.77. The number of hydrogen-bond acceptors (Lipinski definition) is 4. The lowest BCUT2D eigenvalue weighted by Crippen LogP contribution is -2.51. The highest BCUT2D eigenvalue weighted by Crippen LogP contribution is 2.38. The first-order chi connectivity index (χ1) is 13.0. The Bertz CT molecular complexity index is 871. The first kappa shape index (κ1) is 17.8. The maximum absolute atomic E-state index is 12.4. The van der Waals surface area contributed by atoms with Crippen LogP contribution in [0.3, 0.4) is 0 Å². The van der Waals surface area contributed by atoms with Crippen LogP contribution < -0.4 is 0 Å². The molecule has 0 spiro atoms. The molecule has 1 aromatic carbocycles. The summed E-state index contributed by atoms with van der Waals surface area (Å²) in [6.07, 6.45) is 3.34. The van der Waals surface area contributed by atoms with Gasteiger partial charge in [0.1, 0.15) is 11.5 Å². The van der Waals surface area contributed by atoms with E-state index in [4.69, 9.17) is 4.52 Å². The number of carboxylic acids is 1. The second kappa shape index (κ2) is 6.83. The molecule has 2 aromatic rings. The molecular weight excluding hydrogens is 344 g/mol. The van der Waals surface area contributed by atoms with Crippen molar-refractivity contribution in [3.63, 3.8) is 0 Å². The molecule has 1 atom stereocenters. The van der Waals surface area contributed by atoms with Gasteiger partial charge in [-0.25, -0.2) is 0 Å². The third kappa shape index (κ3) is 3.48. The number of likely N-dealkylation sites (tertiary alicyclic amines) is 1. The number of hydrogen-bond donors (Lipinski definition) is 1. The number of aryl methyl sites for hydroxylation is 1. The van der Waals surface area contributed by atoms with Crippen LogP contribution in [-0.4, -0.2) is 40.1 Å². The Balaban J connectivity index is 1.56. The van der Waals surface area contributed by atoms with Gasteiger partial charge in [0.15, 0.2) is 0 Å². The maximum Gasteiger partial charge on any atom is 0.311 e. The van der Waals surface area contributed by atoms with Gasteiger partial charge in [0.2, 0.25) is 5.91 Å². The topological polar surface area (TPSA) is 83.6 Å². The lowest BCUT2D eigenvalue weighted by molar-refractivity contribution is -0.155. The van der Waals surface area contributed by atoms with E-state index in [0.717, 1.165) is 24.0 Å². The molecule has 1 saturated carbocycles. The van der Waals surface area contributed by atoms with Crippen LogP contribution in [0.5, 0.6) is 0 Å². The minimum atomic E-state index is -1.01. The normalized spacial score (nSPS) is 22.6. The number of carboxylic acid groups (broad SMARTS) is 1. The van der Waals surface area contributed by atoms with Crippen molar-refractivity contribution in [2.75, 3.05) is 13.1 Å². The van der Waals surface area contributed by atoms with Crippen LogP contribution in [0.15, 0.2) is 34.9 Å². The van der Waals surface area contributed by atoms with Gasteiger partial charge in [0.05, 0.1) is 5.41 Å². The van der Waals surface area contributed by atoms with Gasteiger partial charge in [-0.1, -0.05) is 29.4 Å². The summed E-state index contributed by atoms with van der Waals surface area (Å²) < 4.78 is 5.49. The Labute approximate surface area is 158 Å². The van der Waals surface area contributed by atoms with Crippen LogP contribution in [0.4, 0.5) is 0 Å². The van der Waals surface area contributed by atoms with Gasteiger partial charge in [-0.15, -0.1) is 0 Å². The highest BCUT2D eigenvalue weighted by atomic mass is 16.5. The number of carbonyl (C=O) groups is 2. The van der Waals surface area contributed by atoms with E-state index in [-0.39, 0.29) is 24.8 Å². The molecule has 6 nitrogen and oxygen atoms in total. The van der Waals surface area contributed by atoms with Crippen LogP contribution in [0, 0.1) is 18.3 Å². The maximum atomic E-state index is 12.4. The van der Waals surface area contributed by atoms with Crippen LogP contribution in [0.25, 0.3) is 11.3 Å². The zero-order valence-electron chi connectivity index (χ0n) is 15.5. The highest BCUT2D eigenvalue weighted by Gasteiger charge is 2.46. The van der Waals surface area contributed by atoms with Crippen molar-refractivity contribution >= 4 is 11.9 Å². The van der Waals surface area contributed by atoms with E-state index >= 15 is 0 Å². The van der Waals surface area contributed by atoms with Crippen LogP contribution in [-0.2, 0) is 16.0 Å². The van der Waals surface area contributed by atoms with E-state index in [2.05, 4.69) is 5.16 Å². The molecule has 0 unspecified atom stereocenters. The number of aliphatic carboxylic acids is 1. The minimum absolute atomic E-state index is 0.104. The number of amides is 1. The number of aromatic nitrogens is 1. The first-order valence-electron chi connectivity index (χ1n) is 9.52. The standard InChI is InChI=1S/C21H24N2O4/c1-14-5-2-3-6-17(14)18-11-16(27-22-18)12-21(20(25)26)9-4-10-23(13-21)19(24)15-7-8-15/h2-3,5-6,11,15H,4,7-10,12-13H2,1H3,(H,25,26)/t21-/m0/s1. The molecule has 2 aliphatic rings. The Morgan fingerprint density at radius 3 is 2.81 bits per heavy atom. The minimum Gasteiger partial charge on any atom is -0.481 e. The van der Waals surface area contributed by atoms with E-state index in [1.807, 2.05) is 37.3 Å². The summed E-state index contributed by atoms with van der Waals surface area (Å²) in [6, 6.07) is 9.71. The van der Waals surface area contributed by atoms with Gasteiger partial charge in [0.25, 0.3) is 0 Å². The number of benzene rings is 1. The highest BCUT2D eigenvalue weighted by molar-refractivity contribution is 5.83. The monoisotopic (exact) mass is 368 g/mol. The molecule has 142 valence electrons. The molecule has 2 heterocycles. The van der Waals surface area contributed by atoms with E-state index in [9.17, 15) is 14.7 Å². The predicted molar refractivity (Wildman–Crippen MR) is 99.0 cm³/mol. The quantitative estimate of drug-likeness (QED) is 0.875. The van der Waals surface area contributed by atoms with Crippen molar-refractivity contribution < 1.29 is 19.2 Å². The van der Waals surface area contributed by atoms with Gasteiger partial charge in [-0.2, -0.15) is 0 Å². The molecular formula is C21H24N2O4. The summed E-state index contributed by atoms with van der Waals surface area (Å²) in [6.45, 7) is 2.90. The number of piperidine rings is 1. The van der Waals surface area contributed by atoms with E-state index in [1.165, 1.54) is 0 Å². The van der Waals surface area contributed by atoms with E-state index in [1.54, 1.807) is 4.90 Å². The van der Waals surface area contributed by atoms with Gasteiger partial charge in [-0.3, -0.25) is 9.59 Å². The lowest BCUT2D eigenvalue weighted by atomic mass is 9.76. The molecule has 0 radical (unpaired) electrons. The largest absolute Gasteiger partial charge is 0.481 e. The molecule has 1 amide bonds. The smallest absolute Gasteiger partial charge is 0.311 e. The van der Waals surface area contributed by atoms with Crippen LogP contribution >= 0.6 is 0 Å². The Hall–Kier alpha value is -2.63. The molecule has 1 N–H and O–H groups in total. The fraction of sp³-hybridized carbons (Fsp3) is 0.476. The molecule has 6 heteroatoms. The zero-order valence-corrected chi connectivity index (χ0v) is 15.5. The summed E-state index contributed by atoms with van der Waals surface area (Å²) in [5, 5.41) is 14.1. The van der Waals surface area contributed by atoms with Gasteiger partial charge < -0.3 is 14.5 Å². The average Bonchev–Trinajstić information content (AvgIpc) is 3.41. The first-order valence-corrected chi connectivity index (χ1v) is 9.52. The van der Waals surface area contributed by atoms with Gasteiger partial charge in [-0.05, 0) is 38.2 Å². The number of nitrogens with zero attached hydrogens (tertiary/aromatic N) is 2. The molecule has 27 heavy (non-hydrogen) atoms. The molecule has 0 bridgehead atoms. The summed E-state index contributed by atoms with van der Waals surface area (Å²) in [5.74, 6) is -0.105. The predicted octanol–water partition coefficient (Wildman–Crippen LogP) is 3.30. The summed E-state index contributed by atoms with van der Waals surface area (Å²) in [7, 11) is 0. The molecule has 1 aliphatic carbocycles. The molecule has 4 rings (SSSR count). The van der Waals surface area contributed by atoms with Crippen molar-refractivity contribution in [3.05, 3.63) is 41.7 Å². The van der Waals surface area contributed by atoms with Gasteiger partial charge >= 0.3 is 5.97 Å². The van der Waals surface area contributed by atoms with Crippen LogP contribution in [0.1, 0.15) is 37.0 Å². The molecule has 2 fully saturated rings. The van der Waals surface area contributed by atoms with Gasteiger partial charge in [0, 0.05) is 37.1 Å². The van der Waals surface area contributed by atoms with E-state index in [0.29, 0.717) is 30.8 Å². The van der Waals surface area contributed by atoms with Crippen molar-refractivity contribution in [2.45, 2.75) is 39.0 Å². The zero-order chi connectivity index (χ0) is 19.0.